The Labute approximate surface area is 104 Å². The van der Waals surface area contributed by atoms with Gasteiger partial charge in [0.15, 0.2) is 11.6 Å². The molecule has 0 saturated heterocycles. The number of aryl methyl sites for hydroxylation is 1. The Morgan fingerprint density at radius 1 is 1.33 bits per heavy atom. The van der Waals surface area contributed by atoms with Crippen LogP contribution < -0.4 is 5.73 Å². The molecule has 1 heterocycles. The maximum atomic E-state index is 14.0. The van der Waals surface area contributed by atoms with Crippen molar-refractivity contribution >= 4 is 10.9 Å². The van der Waals surface area contributed by atoms with Crippen LogP contribution in [0.5, 0.6) is 0 Å². The molecule has 18 heavy (non-hydrogen) atoms. The molecule has 0 aliphatic heterocycles. The van der Waals surface area contributed by atoms with Crippen molar-refractivity contribution in [1.82, 2.24) is 4.57 Å². The Morgan fingerprint density at radius 2 is 2.11 bits per heavy atom. The molecule has 96 valence electrons. The molecule has 1 aliphatic carbocycles. The highest BCUT2D eigenvalue weighted by Gasteiger charge is 2.25. The van der Waals surface area contributed by atoms with Gasteiger partial charge in [-0.3, -0.25) is 0 Å². The van der Waals surface area contributed by atoms with Gasteiger partial charge in [-0.1, -0.05) is 0 Å². The molecule has 1 atom stereocenters. The first kappa shape index (κ1) is 11.7. The topological polar surface area (TPSA) is 30.9 Å². The molecule has 1 aromatic heterocycles. The number of halogens is 2. The summed E-state index contributed by atoms with van der Waals surface area (Å²) in [4.78, 5) is 0. The quantitative estimate of drug-likeness (QED) is 0.873. The zero-order valence-electron chi connectivity index (χ0n) is 10.3. The number of nitrogens with zero attached hydrogens (tertiary/aromatic N) is 1. The molecule has 4 heteroatoms. The van der Waals surface area contributed by atoms with Crippen LogP contribution >= 0.6 is 0 Å². The van der Waals surface area contributed by atoms with E-state index in [1.165, 1.54) is 6.07 Å². The van der Waals surface area contributed by atoms with Gasteiger partial charge in [0, 0.05) is 23.7 Å². The summed E-state index contributed by atoms with van der Waals surface area (Å²) in [5, 5.41) is 0.461. The van der Waals surface area contributed by atoms with Crippen LogP contribution in [0.25, 0.3) is 10.9 Å². The molecule has 2 nitrogen and oxygen atoms in total. The first-order valence-electron chi connectivity index (χ1n) is 6.33. The van der Waals surface area contributed by atoms with Crippen molar-refractivity contribution in [3.05, 3.63) is 35.0 Å². The van der Waals surface area contributed by atoms with Gasteiger partial charge in [0.2, 0.25) is 0 Å². The normalized spacial score (nSPS) is 16.2. The van der Waals surface area contributed by atoms with E-state index in [0.29, 0.717) is 11.9 Å². The third kappa shape index (κ3) is 1.56. The van der Waals surface area contributed by atoms with Crippen LogP contribution in [-0.4, -0.2) is 10.6 Å². The molecule has 0 amide bonds. The van der Waals surface area contributed by atoms with Gasteiger partial charge >= 0.3 is 0 Å². The fourth-order valence-electron chi connectivity index (χ4n) is 2.99. The molecule has 3 rings (SSSR count). The van der Waals surface area contributed by atoms with E-state index < -0.39 is 11.6 Å². The largest absolute Gasteiger partial charge is 0.343 e. The Morgan fingerprint density at radius 3 is 2.83 bits per heavy atom. The fourth-order valence-corrected chi connectivity index (χ4v) is 2.99. The van der Waals surface area contributed by atoms with E-state index in [2.05, 4.69) is 4.57 Å². The molecule has 0 bridgehead atoms. The molecule has 0 spiro atoms. The van der Waals surface area contributed by atoms with Gasteiger partial charge in [0.1, 0.15) is 0 Å². The summed E-state index contributed by atoms with van der Waals surface area (Å²) >= 11 is 0. The van der Waals surface area contributed by atoms with Gasteiger partial charge in [-0.2, -0.15) is 0 Å². The van der Waals surface area contributed by atoms with E-state index in [1.807, 2.05) is 6.92 Å². The lowest BCUT2D eigenvalue weighted by Crippen LogP contribution is -2.23. The van der Waals surface area contributed by atoms with E-state index in [0.717, 1.165) is 36.0 Å². The van der Waals surface area contributed by atoms with Gasteiger partial charge < -0.3 is 10.3 Å². The third-order valence-corrected chi connectivity index (χ3v) is 3.65. The lowest BCUT2D eigenvalue weighted by Gasteiger charge is -2.12. The summed E-state index contributed by atoms with van der Waals surface area (Å²) in [5.74, 6) is -1.48. The number of nitrogens with two attached hydrogens (primary N) is 1. The number of hydrogen-bond acceptors (Lipinski definition) is 1. The van der Waals surface area contributed by atoms with Crippen LogP contribution in [0.3, 0.4) is 0 Å². The van der Waals surface area contributed by atoms with Crippen LogP contribution in [0.1, 0.15) is 24.6 Å². The Bertz CT molecular complexity index is 614. The molecular weight excluding hydrogens is 234 g/mol. The molecule has 2 aromatic rings. The van der Waals surface area contributed by atoms with Crippen molar-refractivity contribution in [2.24, 2.45) is 5.73 Å². The van der Waals surface area contributed by atoms with Gasteiger partial charge in [0.05, 0.1) is 5.52 Å². The second-order valence-corrected chi connectivity index (χ2v) is 5.12. The van der Waals surface area contributed by atoms with Crippen molar-refractivity contribution in [3.8, 4) is 0 Å². The maximum absolute atomic E-state index is 14.0. The number of rotatable bonds is 2. The number of fused-ring (bicyclic) bond motifs is 3. The van der Waals surface area contributed by atoms with Crippen molar-refractivity contribution in [3.63, 3.8) is 0 Å². The SMILES string of the molecule is C[C@H](N)Cn1c2c(c3c(F)c(F)ccc31)CCC2. The standard InChI is InChI=1S/C14H16F2N2/c1-8(17)7-18-11-4-2-3-9(11)13-12(18)6-5-10(15)14(13)16/h5-6,8H,2-4,7,17H2,1H3/t8-/m0/s1. The Balaban J connectivity index is 2.32. The highest BCUT2D eigenvalue weighted by atomic mass is 19.2. The first-order valence-corrected chi connectivity index (χ1v) is 6.33. The van der Waals surface area contributed by atoms with E-state index in [9.17, 15) is 8.78 Å². The smallest absolute Gasteiger partial charge is 0.168 e. The number of hydrogen-bond donors (Lipinski definition) is 1. The second kappa shape index (κ2) is 4.05. The summed E-state index contributed by atoms with van der Waals surface area (Å²) in [6.07, 6.45) is 2.77. The van der Waals surface area contributed by atoms with E-state index in [-0.39, 0.29) is 6.04 Å². The summed E-state index contributed by atoms with van der Waals surface area (Å²) in [5.41, 5.74) is 8.73. The van der Waals surface area contributed by atoms with E-state index in [4.69, 9.17) is 5.73 Å². The summed E-state index contributed by atoms with van der Waals surface area (Å²) in [7, 11) is 0. The van der Waals surface area contributed by atoms with Crippen LogP contribution in [-0.2, 0) is 19.4 Å². The summed E-state index contributed by atoms with van der Waals surface area (Å²) in [6, 6.07) is 2.86. The number of aromatic nitrogens is 1. The molecule has 1 aromatic carbocycles. The highest BCUT2D eigenvalue weighted by Crippen LogP contribution is 2.35. The number of benzene rings is 1. The summed E-state index contributed by atoms with van der Waals surface area (Å²) in [6.45, 7) is 2.57. The molecule has 1 aliphatic rings. The zero-order valence-corrected chi connectivity index (χ0v) is 10.3. The minimum Gasteiger partial charge on any atom is -0.343 e. The fraction of sp³-hybridized carbons (Fsp3) is 0.429. The van der Waals surface area contributed by atoms with Crippen molar-refractivity contribution in [1.29, 1.82) is 0 Å². The molecule has 0 unspecified atom stereocenters. The zero-order chi connectivity index (χ0) is 12.9. The Hall–Kier alpha value is -1.42. The molecule has 0 fully saturated rings. The lowest BCUT2D eigenvalue weighted by atomic mass is 10.1. The molecule has 0 radical (unpaired) electrons. The van der Waals surface area contributed by atoms with Gasteiger partial charge in [-0.15, -0.1) is 0 Å². The van der Waals surface area contributed by atoms with Crippen molar-refractivity contribution in [2.75, 3.05) is 0 Å². The average Bonchev–Trinajstić information content (AvgIpc) is 2.86. The minimum atomic E-state index is -0.768. The van der Waals surface area contributed by atoms with Gasteiger partial charge in [-0.25, -0.2) is 8.78 Å². The van der Waals surface area contributed by atoms with Crippen LogP contribution in [0.15, 0.2) is 12.1 Å². The second-order valence-electron chi connectivity index (χ2n) is 5.12. The van der Waals surface area contributed by atoms with Gasteiger partial charge in [-0.05, 0) is 43.9 Å². The molecule has 2 N–H and O–H groups in total. The molecular formula is C14H16F2N2. The van der Waals surface area contributed by atoms with Crippen LogP contribution in [0, 0.1) is 11.6 Å². The third-order valence-electron chi connectivity index (χ3n) is 3.65. The lowest BCUT2D eigenvalue weighted by molar-refractivity contribution is 0.516. The monoisotopic (exact) mass is 250 g/mol. The average molecular weight is 250 g/mol. The molecule has 0 saturated carbocycles. The maximum Gasteiger partial charge on any atom is 0.168 e. The van der Waals surface area contributed by atoms with Crippen molar-refractivity contribution in [2.45, 2.75) is 38.8 Å². The van der Waals surface area contributed by atoms with Crippen LogP contribution in [0.2, 0.25) is 0 Å². The predicted octanol–water partition coefficient (Wildman–Crippen LogP) is 2.76. The Kier molecular flexibility index (Phi) is 2.63. The van der Waals surface area contributed by atoms with Crippen LogP contribution in [0.4, 0.5) is 8.78 Å². The summed E-state index contributed by atoms with van der Waals surface area (Å²) < 4.78 is 29.4. The van der Waals surface area contributed by atoms with E-state index in [1.54, 1.807) is 6.07 Å². The first-order chi connectivity index (χ1) is 8.59. The van der Waals surface area contributed by atoms with Crippen molar-refractivity contribution < 1.29 is 8.78 Å². The minimum absolute atomic E-state index is 0.00147. The highest BCUT2D eigenvalue weighted by molar-refractivity contribution is 5.87. The van der Waals surface area contributed by atoms with Gasteiger partial charge in [0.25, 0.3) is 0 Å². The van der Waals surface area contributed by atoms with E-state index >= 15 is 0 Å². The predicted molar refractivity (Wildman–Crippen MR) is 67.5 cm³/mol.